The van der Waals surface area contributed by atoms with Gasteiger partial charge in [0.2, 0.25) is 0 Å². The number of hydrogen-bond acceptors (Lipinski definition) is 5. The van der Waals surface area contributed by atoms with E-state index in [0.717, 1.165) is 21.3 Å². The van der Waals surface area contributed by atoms with Crippen LogP contribution in [0.2, 0.25) is 6.04 Å². The van der Waals surface area contributed by atoms with E-state index in [1.807, 2.05) is 0 Å². The average Bonchev–Trinajstić information content (AvgIpc) is 2.72. The van der Waals surface area contributed by atoms with Gasteiger partial charge in [-0.3, -0.25) is 0 Å². The Labute approximate surface area is 193 Å². The van der Waals surface area contributed by atoms with Crippen molar-refractivity contribution >= 4 is 18.8 Å². The zero-order chi connectivity index (χ0) is 29.4. The van der Waals surface area contributed by atoms with Crippen LogP contribution in [0.1, 0.15) is 6.42 Å². The van der Waals surface area contributed by atoms with Crippen molar-refractivity contribution < 1.29 is 87.6 Å². The number of hydrogen-bond donors (Lipinski definition) is 1. The Morgan fingerprint density at radius 1 is 0.611 bits per heavy atom. The zero-order valence-corrected chi connectivity index (χ0v) is 19.6. The fourth-order valence-corrected chi connectivity index (χ4v) is 5.06. The van der Waals surface area contributed by atoms with E-state index in [1.54, 1.807) is 0 Å². The standard InChI is InChI=1S/C13H16F15NO5SSi/c1-32-36(33-2,34-3)6-4-5-29-35(30,31)13(27,28)11(22,23)9(18,19)7(14,15)8(16,17)10(20,21)12(24,25)26/h29H,4-6H2,1-3H3. The van der Waals surface area contributed by atoms with Crippen LogP contribution in [0.25, 0.3) is 0 Å². The van der Waals surface area contributed by atoms with Gasteiger partial charge in [0, 0.05) is 33.9 Å². The van der Waals surface area contributed by atoms with Gasteiger partial charge in [0.25, 0.3) is 10.0 Å². The number of rotatable bonds is 14. The Kier molecular flexibility index (Phi) is 9.96. The lowest BCUT2D eigenvalue weighted by Gasteiger charge is -2.41. The lowest BCUT2D eigenvalue weighted by atomic mass is 9.94. The molecule has 0 rings (SSSR count). The minimum Gasteiger partial charge on any atom is -0.377 e. The summed E-state index contributed by atoms with van der Waals surface area (Å²) in [6.07, 6.45) is -8.45. The highest BCUT2D eigenvalue weighted by Crippen LogP contribution is 2.62. The van der Waals surface area contributed by atoms with Crippen LogP contribution in [0.5, 0.6) is 0 Å². The average molecular weight is 611 g/mol. The second kappa shape index (κ2) is 10.3. The van der Waals surface area contributed by atoms with E-state index in [9.17, 15) is 74.3 Å². The van der Waals surface area contributed by atoms with Gasteiger partial charge in [-0.1, -0.05) is 0 Å². The van der Waals surface area contributed by atoms with Gasteiger partial charge >= 0.3 is 49.8 Å². The minimum absolute atomic E-state index is 0.450. The fraction of sp³-hybridized carbons (Fsp3) is 1.00. The first-order valence-electron chi connectivity index (χ1n) is 8.62. The van der Waals surface area contributed by atoms with Gasteiger partial charge in [0.15, 0.2) is 0 Å². The second-order valence-corrected chi connectivity index (χ2v) is 11.6. The Morgan fingerprint density at radius 3 is 1.28 bits per heavy atom. The summed E-state index contributed by atoms with van der Waals surface area (Å²) in [5, 5.41) is -7.46. The predicted molar refractivity (Wildman–Crippen MR) is 88.9 cm³/mol. The van der Waals surface area contributed by atoms with Crippen LogP contribution in [0, 0.1) is 0 Å². The first-order valence-corrected chi connectivity index (χ1v) is 12.0. The third-order valence-corrected chi connectivity index (χ3v) is 8.87. The summed E-state index contributed by atoms with van der Waals surface area (Å²) in [5.41, 5.74) is 0. The molecule has 0 atom stereocenters. The zero-order valence-electron chi connectivity index (χ0n) is 17.7. The quantitative estimate of drug-likeness (QED) is 0.178. The molecule has 0 aromatic carbocycles. The predicted octanol–water partition coefficient (Wildman–Crippen LogP) is 4.51. The second-order valence-electron chi connectivity index (χ2n) is 6.68. The maximum Gasteiger partial charge on any atom is 0.500 e. The van der Waals surface area contributed by atoms with Gasteiger partial charge in [-0.05, 0) is 6.42 Å². The molecule has 6 nitrogen and oxygen atoms in total. The van der Waals surface area contributed by atoms with Crippen molar-refractivity contribution in [2.24, 2.45) is 0 Å². The van der Waals surface area contributed by atoms with Gasteiger partial charge in [0.1, 0.15) is 0 Å². The molecule has 0 fully saturated rings. The van der Waals surface area contributed by atoms with E-state index >= 15 is 0 Å². The van der Waals surface area contributed by atoms with E-state index in [-0.39, 0.29) is 0 Å². The molecule has 0 spiro atoms. The summed E-state index contributed by atoms with van der Waals surface area (Å²) in [4.78, 5) is 0. The first-order chi connectivity index (χ1) is 15.6. The summed E-state index contributed by atoms with van der Waals surface area (Å²) >= 11 is 0. The Balaban J connectivity index is 6.21. The Bertz CT molecular complexity index is 852. The van der Waals surface area contributed by atoms with Crippen molar-refractivity contribution in [3.8, 4) is 0 Å². The molecule has 0 aliphatic heterocycles. The van der Waals surface area contributed by atoms with Crippen LogP contribution in [0.4, 0.5) is 65.9 Å². The third-order valence-electron chi connectivity index (χ3n) is 4.52. The topological polar surface area (TPSA) is 73.9 Å². The first kappa shape index (κ1) is 35.0. The normalized spacial score (nSPS) is 15.9. The molecule has 1 N–H and O–H groups in total. The van der Waals surface area contributed by atoms with E-state index in [2.05, 4.69) is 0 Å². The number of nitrogens with one attached hydrogen (secondary N) is 1. The highest BCUT2D eigenvalue weighted by molar-refractivity contribution is 7.90. The molecule has 0 aliphatic rings. The molecule has 36 heavy (non-hydrogen) atoms. The van der Waals surface area contributed by atoms with Crippen LogP contribution in [0.3, 0.4) is 0 Å². The van der Waals surface area contributed by atoms with Crippen molar-refractivity contribution in [2.45, 2.75) is 53.5 Å². The molecule has 0 amide bonds. The molecule has 0 aliphatic carbocycles. The Morgan fingerprint density at radius 2 is 0.944 bits per heavy atom. The molecule has 0 radical (unpaired) electrons. The number of alkyl halides is 15. The van der Waals surface area contributed by atoms with Crippen LogP contribution in [-0.4, -0.2) is 86.1 Å². The van der Waals surface area contributed by atoms with Crippen molar-refractivity contribution in [1.82, 2.24) is 4.72 Å². The summed E-state index contributed by atoms with van der Waals surface area (Å²) in [5.74, 6) is -41.9. The highest BCUT2D eigenvalue weighted by atomic mass is 32.2. The van der Waals surface area contributed by atoms with Crippen molar-refractivity contribution in [3.05, 3.63) is 0 Å². The molecule has 23 heteroatoms. The van der Waals surface area contributed by atoms with Gasteiger partial charge in [-0.2, -0.15) is 65.9 Å². The van der Waals surface area contributed by atoms with E-state index in [0.29, 0.717) is 4.72 Å². The van der Waals surface area contributed by atoms with Crippen LogP contribution < -0.4 is 4.72 Å². The molecule has 0 saturated heterocycles. The fourth-order valence-electron chi connectivity index (χ4n) is 2.28. The van der Waals surface area contributed by atoms with E-state index in [1.165, 1.54) is 0 Å². The molecule has 0 bridgehead atoms. The molecule has 218 valence electrons. The molecular weight excluding hydrogens is 595 g/mol. The van der Waals surface area contributed by atoms with Crippen LogP contribution in [0.15, 0.2) is 0 Å². The summed E-state index contributed by atoms with van der Waals surface area (Å²) in [6, 6.07) is -0.450. The van der Waals surface area contributed by atoms with Gasteiger partial charge < -0.3 is 13.3 Å². The monoisotopic (exact) mass is 611 g/mol. The smallest absolute Gasteiger partial charge is 0.377 e. The SMILES string of the molecule is CO[Si](CCCNS(=O)(=O)C(F)(F)C(F)(F)C(F)(F)C(F)(F)C(F)(F)C(F)(F)C(F)(F)F)(OC)OC. The molecule has 0 heterocycles. The molecule has 0 saturated carbocycles. The van der Waals surface area contributed by atoms with Gasteiger partial charge in [-0.25, -0.2) is 13.1 Å². The molecule has 0 aromatic rings. The number of sulfonamides is 1. The van der Waals surface area contributed by atoms with Crippen molar-refractivity contribution in [1.29, 1.82) is 0 Å². The van der Waals surface area contributed by atoms with Gasteiger partial charge in [0.05, 0.1) is 0 Å². The lowest BCUT2D eigenvalue weighted by Crippen LogP contribution is -2.73. The number of halogens is 15. The lowest BCUT2D eigenvalue weighted by molar-refractivity contribution is -0.447. The van der Waals surface area contributed by atoms with Crippen LogP contribution in [-0.2, 0) is 23.3 Å². The van der Waals surface area contributed by atoms with Crippen molar-refractivity contribution in [2.75, 3.05) is 27.9 Å². The van der Waals surface area contributed by atoms with Crippen molar-refractivity contribution in [3.63, 3.8) is 0 Å². The maximum atomic E-state index is 13.8. The van der Waals surface area contributed by atoms with Gasteiger partial charge in [-0.15, -0.1) is 0 Å². The molecule has 0 aromatic heterocycles. The summed E-state index contributed by atoms with van der Waals surface area (Å²) in [6.45, 7) is -1.36. The summed E-state index contributed by atoms with van der Waals surface area (Å²) < 4.78 is 235. The molecular formula is C13H16F15NO5SSi. The Hall–Kier alpha value is -1.04. The largest absolute Gasteiger partial charge is 0.500 e. The highest BCUT2D eigenvalue weighted by Gasteiger charge is 2.94. The minimum atomic E-state index is -8.58. The van der Waals surface area contributed by atoms with Crippen LogP contribution >= 0.6 is 0 Å². The van der Waals surface area contributed by atoms with E-state index < -0.39 is 78.9 Å². The van der Waals surface area contributed by atoms with E-state index in [4.69, 9.17) is 13.3 Å². The third kappa shape index (κ3) is 5.26. The summed E-state index contributed by atoms with van der Waals surface area (Å²) in [7, 11) is -7.72. The molecule has 0 unspecified atom stereocenters. The maximum absolute atomic E-state index is 13.8.